The van der Waals surface area contributed by atoms with Crippen molar-refractivity contribution < 1.29 is 23.8 Å². The van der Waals surface area contributed by atoms with Crippen LogP contribution < -0.4 is 9.47 Å². The molecular formula is C22H25NO5. The number of aliphatic imine (C=N–C) groups is 1. The van der Waals surface area contributed by atoms with Crippen LogP contribution in [0.25, 0.3) is 0 Å². The van der Waals surface area contributed by atoms with Crippen molar-refractivity contribution >= 4 is 17.5 Å². The minimum Gasteiger partial charge on any atom is -0.465 e. The summed E-state index contributed by atoms with van der Waals surface area (Å²) in [5, 5.41) is 0. The first kappa shape index (κ1) is 18.7. The Morgan fingerprint density at radius 2 is 2.00 bits per heavy atom. The fraction of sp³-hybridized carbons (Fsp3) is 0.500. The Balaban J connectivity index is 1.86. The van der Waals surface area contributed by atoms with Gasteiger partial charge in [0.1, 0.15) is 5.92 Å². The molecule has 0 N–H and O–H groups in total. The van der Waals surface area contributed by atoms with E-state index < -0.39 is 11.8 Å². The summed E-state index contributed by atoms with van der Waals surface area (Å²) in [4.78, 5) is 30.7. The van der Waals surface area contributed by atoms with Gasteiger partial charge in [-0.15, -0.1) is 0 Å². The summed E-state index contributed by atoms with van der Waals surface area (Å²) in [6.07, 6.45) is 1.15. The number of hydrogen-bond donors (Lipinski definition) is 0. The summed E-state index contributed by atoms with van der Waals surface area (Å²) in [5.74, 6) is -0.0436. The van der Waals surface area contributed by atoms with Crippen LogP contribution in [-0.2, 0) is 14.3 Å². The molecule has 2 heterocycles. The maximum Gasteiger partial charge on any atom is 0.315 e. The quantitative estimate of drug-likeness (QED) is 0.743. The maximum absolute atomic E-state index is 13.2. The van der Waals surface area contributed by atoms with Crippen molar-refractivity contribution in [2.75, 3.05) is 13.4 Å². The van der Waals surface area contributed by atoms with Crippen LogP contribution in [-0.4, -0.2) is 30.9 Å². The molecule has 0 aromatic heterocycles. The number of nitrogens with zero attached hydrogens (tertiary/aromatic N) is 1. The largest absolute Gasteiger partial charge is 0.465 e. The molecule has 3 aliphatic rings. The molecule has 0 spiro atoms. The van der Waals surface area contributed by atoms with Gasteiger partial charge in [0, 0.05) is 29.3 Å². The first-order valence-corrected chi connectivity index (χ1v) is 9.68. The molecule has 1 aliphatic carbocycles. The van der Waals surface area contributed by atoms with Crippen molar-refractivity contribution in [3.63, 3.8) is 0 Å². The Labute approximate surface area is 164 Å². The summed E-state index contributed by atoms with van der Waals surface area (Å²) >= 11 is 0. The van der Waals surface area contributed by atoms with E-state index in [1.165, 1.54) is 0 Å². The standard InChI is InChI=1S/C22H25NO5/c1-5-26-21(25)18-12(2)23-14-9-22(3,4)10-15(24)20(14)19(18)13-6-7-16-17(8-13)28-11-27-16/h6-8,18-19H,5,9-11H2,1-4H3/t18?,19-/m1/s1. The molecule has 0 saturated carbocycles. The third-order valence-corrected chi connectivity index (χ3v) is 5.60. The molecule has 2 aliphatic heterocycles. The van der Waals surface area contributed by atoms with E-state index in [1.807, 2.05) is 25.1 Å². The summed E-state index contributed by atoms with van der Waals surface area (Å²) in [5.41, 5.74) is 2.82. The molecule has 0 radical (unpaired) electrons. The van der Waals surface area contributed by atoms with E-state index in [2.05, 4.69) is 13.8 Å². The number of Topliss-reactive ketones (excluding diaryl/α,β-unsaturated/α-hetero) is 1. The Morgan fingerprint density at radius 1 is 1.25 bits per heavy atom. The molecule has 0 saturated heterocycles. The van der Waals surface area contributed by atoms with Crippen molar-refractivity contribution in [2.24, 2.45) is 16.3 Å². The zero-order valence-corrected chi connectivity index (χ0v) is 16.7. The highest BCUT2D eigenvalue weighted by molar-refractivity contribution is 6.09. The van der Waals surface area contributed by atoms with Gasteiger partial charge < -0.3 is 14.2 Å². The second-order valence-corrected chi connectivity index (χ2v) is 8.37. The van der Waals surface area contributed by atoms with Crippen molar-refractivity contribution in [1.82, 2.24) is 0 Å². The minimum absolute atomic E-state index is 0.0551. The molecule has 1 unspecified atom stereocenters. The molecule has 6 nitrogen and oxygen atoms in total. The summed E-state index contributed by atoms with van der Waals surface area (Å²) in [7, 11) is 0. The number of rotatable bonds is 3. The van der Waals surface area contributed by atoms with Crippen LogP contribution in [0.2, 0.25) is 0 Å². The van der Waals surface area contributed by atoms with E-state index in [0.29, 0.717) is 35.6 Å². The second kappa shape index (κ2) is 6.76. The highest BCUT2D eigenvalue weighted by Crippen LogP contribution is 2.49. The first-order chi connectivity index (χ1) is 13.3. The van der Waals surface area contributed by atoms with E-state index in [4.69, 9.17) is 19.2 Å². The van der Waals surface area contributed by atoms with Gasteiger partial charge >= 0.3 is 5.97 Å². The fourth-order valence-corrected chi connectivity index (χ4v) is 4.45. The second-order valence-electron chi connectivity index (χ2n) is 8.37. The monoisotopic (exact) mass is 383 g/mol. The number of benzene rings is 1. The lowest BCUT2D eigenvalue weighted by atomic mass is 9.67. The molecule has 6 heteroatoms. The van der Waals surface area contributed by atoms with Gasteiger partial charge in [0.2, 0.25) is 6.79 Å². The summed E-state index contributed by atoms with van der Waals surface area (Å²) in [6.45, 7) is 8.23. The smallest absolute Gasteiger partial charge is 0.315 e. The summed E-state index contributed by atoms with van der Waals surface area (Å²) < 4.78 is 16.3. The highest BCUT2D eigenvalue weighted by Gasteiger charge is 2.46. The lowest BCUT2D eigenvalue weighted by Crippen LogP contribution is -2.39. The predicted molar refractivity (Wildman–Crippen MR) is 104 cm³/mol. The molecule has 28 heavy (non-hydrogen) atoms. The zero-order valence-electron chi connectivity index (χ0n) is 16.7. The van der Waals surface area contributed by atoms with Crippen molar-refractivity contribution in [3.8, 4) is 11.5 Å². The van der Waals surface area contributed by atoms with Crippen LogP contribution in [0.5, 0.6) is 11.5 Å². The van der Waals surface area contributed by atoms with Gasteiger partial charge in [0.15, 0.2) is 17.3 Å². The molecule has 148 valence electrons. The molecule has 4 rings (SSSR count). The first-order valence-electron chi connectivity index (χ1n) is 9.68. The topological polar surface area (TPSA) is 74.2 Å². The molecule has 2 atom stereocenters. The Morgan fingerprint density at radius 3 is 2.75 bits per heavy atom. The van der Waals surface area contributed by atoms with Crippen LogP contribution in [0.3, 0.4) is 0 Å². The average Bonchev–Trinajstić information content (AvgIpc) is 3.07. The SMILES string of the molecule is CCOC(=O)C1C(C)=NC2=C(C(=O)CC(C)(C)C2)[C@@H]1c1ccc2c(c1)OCO2. The van der Waals surface area contributed by atoms with Gasteiger partial charge in [-0.05, 0) is 43.4 Å². The molecular weight excluding hydrogens is 358 g/mol. The zero-order chi connectivity index (χ0) is 20.1. The van der Waals surface area contributed by atoms with E-state index in [0.717, 1.165) is 11.3 Å². The van der Waals surface area contributed by atoms with Crippen molar-refractivity contribution in [2.45, 2.75) is 46.5 Å². The van der Waals surface area contributed by atoms with Gasteiger partial charge in [-0.25, -0.2) is 0 Å². The molecule has 1 aromatic rings. The number of carbonyl (C=O) groups excluding carboxylic acids is 2. The number of allylic oxidation sites excluding steroid dienone is 2. The van der Waals surface area contributed by atoms with Crippen molar-refractivity contribution in [3.05, 3.63) is 35.0 Å². The number of hydrogen-bond acceptors (Lipinski definition) is 6. The van der Waals surface area contributed by atoms with E-state index in [-0.39, 0.29) is 30.6 Å². The van der Waals surface area contributed by atoms with E-state index in [1.54, 1.807) is 6.92 Å². The third-order valence-electron chi connectivity index (χ3n) is 5.60. The van der Waals surface area contributed by atoms with Crippen LogP contribution in [0.15, 0.2) is 34.5 Å². The average molecular weight is 383 g/mol. The number of esters is 1. The van der Waals surface area contributed by atoms with Crippen LogP contribution >= 0.6 is 0 Å². The van der Waals surface area contributed by atoms with Gasteiger partial charge in [-0.2, -0.15) is 0 Å². The van der Waals surface area contributed by atoms with E-state index in [9.17, 15) is 9.59 Å². The lowest BCUT2D eigenvalue weighted by molar-refractivity contribution is -0.146. The van der Waals surface area contributed by atoms with Crippen LogP contribution in [0.1, 0.15) is 52.0 Å². The van der Waals surface area contributed by atoms with Gasteiger partial charge in [0.25, 0.3) is 0 Å². The van der Waals surface area contributed by atoms with Crippen molar-refractivity contribution in [1.29, 1.82) is 0 Å². The van der Waals surface area contributed by atoms with Gasteiger partial charge in [-0.1, -0.05) is 19.9 Å². The molecule has 1 aromatic carbocycles. The Kier molecular flexibility index (Phi) is 4.52. The summed E-state index contributed by atoms with van der Waals surface area (Å²) in [6, 6.07) is 5.61. The molecule has 0 amide bonds. The predicted octanol–water partition coefficient (Wildman–Crippen LogP) is 3.80. The maximum atomic E-state index is 13.2. The number of ether oxygens (including phenoxy) is 3. The number of ketones is 1. The van der Waals surface area contributed by atoms with Gasteiger partial charge in [-0.3, -0.25) is 14.6 Å². The Hall–Kier alpha value is -2.63. The number of carbonyl (C=O) groups is 2. The van der Waals surface area contributed by atoms with Crippen LogP contribution in [0.4, 0.5) is 0 Å². The lowest BCUT2D eigenvalue weighted by Gasteiger charge is -2.39. The molecule has 0 fully saturated rings. The van der Waals surface area contributed by atoms with Gasteiger partial charge in [0.05, 0.1) is 6.61 Å². The normalized spacial score (nSPS) is 25.3. The highest BCUT2D eigenvalue weighted by atomic mass is 16.7. The minimum atomic E-state index is -0.621. The number of fused-ring (bicyclic) bond motifs is 1. The van der Waals surface area contributed by atoms with Crippen LogP contribution in [0, 0.1) is 11.3 Å². The van der Waals surface area contributed by atoms with E-state index >= 15 is 0 Å². The third kappa shape index (κ3) is 3.11. The fourth-order valence-electron chi connectivity index (χ4n) is 4.45. The molecule has 0 bridgehead atoms. The Bertz CT molecular complexity index is 912.